The summed E-state index contributed by atoms with van der Waals surface area (Å²) in [6.07, 6.45) is 0. The zero-order valence-electron chi connectivity index (χ0n) is 6.66. The van der Waals surface area contributed by atoms with Gasteiger partial charge in [-0.05, 0) is 0 Å². The maximum absolute atomic E-state index is 2.34. The molecule has 1 heterocycles. The second kappa shape index (κ2) is 2.47. The number of aromatic nitrogens is 1. The van der Waals surface area contributed by atoms with Gasteiger partial charge in [-0.2, -0.15) is 0 Å². The van der Waals surface area contributed by atoms with Crippen molar-refractivity contribution in [1.29, 1.82) is 0 Å². The van der Waals surface area contributed by atoms with Crippen molar-refractivity contribution in [2.75, 3.05) is 0 Å². The van der Waals surface area contributed by atoms with Crippen LogP contribution in [0.3, 0.4) is 0 Å². The van der Waals surface area contributed by atoms with Crippen LogP contribution in [-0.4, -0.2) is 14.7 Å². The zero-order chi connectivity index (χ0) is 7.84. The maximum atomic E-state index is 2.34. The van der Waals surface area contributed by atoms with E-state index in [2.05, 4.69) is 41.8 Å². The first-order chi connectivity index (χ1) is 5.29. The molecule has 0 bridgehead atoms. The van der Waals surface area contributed by atoms with Crippen LogP contribution in [0, 0.1) is 6.92 Å². The summed E-state index contributed by atoms with van der Waals surface area (Å²) in [5, 5.41) is 1.44. The fraction of sp³-hybridized carbons (Fsp3) is 0.222. The Morgan fingerprint density at radius 1 is 1.27 bits per heavy atom. The first-order valence-corrected chi connectivity index (χ1v) is 5.26. The van der Waals surface area contributed by atoms with E-state index in [-0.39, 0.29) is 0 Å². The summed E-state index contributed by atoms with van der Waals surface area (Å²) in [5.74, 6) is 0. The topological polar surface area (TPSA) is 3.88 Å². The van der Waals surface area contributed by atoms with Crippen molar-refractivity contribution in [1.82, 2.24) is 0 Å². The van der Waals surface area contributed by atoms with Gasteiger partial charge in [0.05, 0.1) is 0 Å². The minimum absolute atomic E-state index is 0.528. The Hall–Kier alpha value is -0.591. The molecule has 1 aromatic heterocycles. The molecule has 0 radical (unpaired) electrons. The van der Waals surface area contributed by atoms with E-state index in [1.54, 1.807) is 0 Å². The van der Waals surface area contributed by atoms with E-state index in [1.165, 1.54) is 15.3 Å². The van der Waals surface area contributed by atoms with Gasteiger partial charge in [0.2, 0.25) is 0 Å². The van der Waals surface area contributed by atoms with Crippen molar-refractivity contribution < 1.29 is 3.56 Å². The fourth-order valence-corrected chi connectivity index (χ4v) is 3.29. The van der Waals surface area contributed by atoms with E-state index in [4.69, 9.17) is 0 Å². The molecular weight excluding hydrogens is 201 g/mol. The van der Waals surface area contributed by atoms with Crippen molar-refractivity contribution in [2.24, 2.45) is 7.05 Å². The van der Waals surface area contributed by atoms with Crippen molar-refractivity contribution in [2.45, 2.75) is 6.92 Å². The van der Waals surface area contributed by atoms with Crippen molar-refractivity contribution >= 4 is 24.4 Å². The number of hydrogen-bond acceptors (Lipinski definition) is 0. The van der Waals surface area contributed by atoms with Gasteiger partial charge in [-0.3, -0.25) is 0 Å². The first-order valence-electron chi connectivity index (χ1n) is 3.63. The molecule has 2 heteroatoms. The Kier molecular flexibility index (Phi) is 1.59. The molecule has 1 aromatic carbocycles. The monoisotopic (exact) mass is 212 g/mol. The Morgan fingerprint density at radius 2 is 2.00 bits per heavy atom. The summed E-state index contributed by atoms with van der Waals surface area (Å²) < 4.78 is 3.86. The van der Waals surface area contributed by atoms with E-state index in [1.807, 2.05) is 0 Å². The summed E-state index contributed by atoms with van der Waals surface area (Å²) in [6, 6.07) is 8.66. The van der Waals surface area contributed by atoms with Crippen LogP contribution in [0.4, 0.5) is 0 Å². The summed E-state index contributed by atoms with van der Waals surface area (Å²) in [5.41, 5.74) is 1.42. The van der Waals surface area contributed by atoms with Crippen LogP contribution < -0.4 is 3.56 Å². The summed E-state index contributed by atoms with van der Waals surface area (Å²) in [6.45, 7) is 2.19. The number of hydrogen-bond donors (Lipinski definition) is 0. The quantitative estimate of drug-likeness (QED) is 0.573. The molecule has 0 unspecified atom stereocenters. The molecule has 56 valence electrons. The number of aryl methyl sites for hydroxylation is 2. The molecule has 0 spiro atoms. The average Bonchev–Trinajstić information content (AvgIpc) is 2.30. The molecule has 0 aliphatic carbocycles. The van der Waals surface area contributed by atoms with Gasteiger partial charge < -0.3 is 0 Å². The summed E-state index contributed by atoms with van der Waals surface area (Å²) >= 11 is 0.528. The SMILES string of the molecule is Cc1c2ccccc2[se][n+]1C. The summed E-state index contributed by atoms with van der Waals surface area (Å²) in [7, 11) is 2.16. The van der Waals surface area contributed by atoms with Gasteiger partial charge in [0.15, 0.2) is 0 Å². The minimum atomic E-state index is 0.528. The molecule has 2 aromatic rings. The van der Waals surface area contributed by atoms with Crippen LogP contribution in [0.15, 0.2) is 24.3 Å². The Balaban J connectivity index is 2.92. The zero-order valence-corrected chi connectivity index (χ0v) is 8.38. The van der Waals surface area contributed by atoms with Crippen LogP contribution in [0.5, 0.6) is 0 Å². The molecule has 11 heavy (non-hydrogen) atoms. The van der Waals surface area contributed by atoms with Gasteiger partial charge in [-0.25, -0.2) is 0 Å². The average molecular weight is 211 g/mol. The summed E-state index contributed by atoms with van der Waals surface area (Å²) in [4.78, 5) is 0. The van der Waals surface area contributed by atoms with E-state index in [9.17, 15) is 0 Å². The molecule has 0 aliphatic rings. The molecule has 0 saturated carbocycles. The van der Waals surface area contributed by atoms with Crippen molar-refractivity contribution in [3.63, 3.8) is 0 Å². The Bertz CT molecular complexity index is 389. The molecule has 0 atom stereocenters. The van der Waals surface area contributed by atoms with Crippen molar-refractivity contribution in [3.05, 3.63) is 30.0 Å². The second-order valence-electron chi connectivity index (χ2n) is 2.67. The van der Waals surface area contributed by atoms with Crippen LogP contribution in [0.25, 0.3) is 9.65 Å². The number of nitrogens with zero attached hydrogens (tertiary/aromatic N) is 1. The molecule has 0 aliphatic heterocycles. The third kappa shape index (κ3) is 1.03. The van der Waals surface area contributed by atoms with Crippen LogP contribution in [0.1, 0.15) is 5.69 Å². The van der Waals surface area contributed by atoms with Gasteiger partial charge in [0.1, 0.15) is 0 Å². The number of rotatable bonds is 0. The van der Waals surface area contributed by atoms with Gasteiger partial charge in [0, 0.05) is 0 Å². The Labute approximate surface area is 72.3 Å². The predicted molar refractivity (Wildman–Crippen MR) is 46.8 cm³/mol. The van der Waals surface area contributed by atoms with Gasteiger partial charge >= 0.3 is 71.9 Å². The molecular formula is C9H10NSe+. The molecule has 2 rings (SSSR count). The van der Waals surface area contributed by atoms with E-state index in [0.29, 0.717) is 14.7 Å². The normalized spacial score (nSPS) is 10.7. The predicted octanol–water partition coefficient (Wildman–Crippen LogP) is 1.03. The van der Waals surface area contributed by atoms with Crippen LogP contribution in [-0.2, 0) is 7.05 Å². The molecule has 0 fully saturated rings. The number of benzene rings is 1. The molecule has 0 saturated heterocycles. The first kappa shape index (κ1) is 7.08. The molecule has 0 N–H and O–H groups in total. The van der Waals surface area contributed by atoms with Gasteiger partial charge in [-0.1, -0.05) is 0 Å². The molecule has 1 nitrogen and oxygen atoms in total. The number of fused-ring (bicyclic) bond motifs is 1. The van der Waals surface area contributed by atoms with Crippen molar-refractivity contribution in [3.8, 4) is 0 Å². The van der Waals surface area contributed by atoms with Crippen LogP contribution in [0.2, 0.25) is 0 Å². The Morgan fingerprint density at radius 3 is 2.73 bits per heavy atom. The standard InChI is InChI=1S/C9H10NSe/c1-7-8-5-3-4-6-9(8)11-10(7)2/h3-6H,1-2H3/q+1. The van der Waals surface area contributed by atoms with E-state index < -0.39 is 0 Å². The third-order valence-electron chi connectivity index (χ3n) is 1.98. The molecule has 0 amide bonds. The fourth-order valence-electron chi connectivity index (χ4n) is 1.23. The van der Waals surface area contributed by atoms with Gasteiger partial charge in [-0.15, -0.1) is 0 Å². The van der Waals surface area contributed by atoms with Crippen LogP contribution >= 0.6 is 0 Å². The van der Waals surface area contributed by atoms with E-state index in [0.717, 1.165) is 0 Å². The van der Waals surface area contributed by atoms with E-state index >= 15 is 0 Å². The van der Waals surface area contributed by atoms with Gasteiger partial charge in [0.25, 0.3) is 0 Å². The third-order valence-corrected chi connectivity index (χ3v) is 4.29. The second-order valence-corrected chi connectivity index (χ2v) is 5.13.